The van der Waals surface area contributed by atoms with Crippen LogP contribution >= 0.6 is 11.8 Å². The predicted molar refractivity (Wildman–Crippen MR) is 90.6 cm³/mol. The van der Waals surface area contributed by atoms with Gasteiger partial charge in [-0.2, -0.15) is 11.8 Å². The van der Waals surface area contributed by atoms with Gasteiger partial charge in [-0.15, -0.1) is 0 Å². The Morgan fingerprint density at radius 3 is 2.85 bits per heavy atom. The van der Waals surface area contributed by atoms with Gasteiger partial charge in [-0.25, -0.2) is 0 Å². The maximum absolute atomic E-state index is 3.72. The summed E-state index contributed by atoms with van der Waals surface area (Å²) < 4.78 is 0. The Hall–Kier alpha value is -0.990. The summed E-state index contributed by atoms with van der Waals surface area (Å²) in [6.07, 6.45) is 3.90. The van der Waals surface area contributed by atoms with Gasteiger partial charge in [0.15, 0.2) is 0 Å². The summed E-state index contributed by atoms with van der Waals surface area (Å²) >= 11 is 2.15. The average Bonchev–Trinajstić information content (AvgIpc) is 3.01. The van der Waals surface area contributed by atoms with E-state index in [0.717, 1.165) is 18.2 Å². The third kappa shape index (κ3) is 3.02. The molecule has 2 heteroatoms. The molecule has 0 aliphatic carbocycles. The lowest BCUT2D eigenvalue weighted by Crippen LogP contribution is -2.38. The van der Waals surface area contributed by atoms with Gasteiger partial charge in [0.2, 0.25) is 0 Å². The number of thioether (sulfide) groups is 1. The van der Waals surface area contributed by atoms with Crippen molar-refractivity contribution in [2.24, 2.45) is 0 Å². The van der Waals surface area contributed by atoms with E-state index in [1.165, 1.54) is 34.9 Å². The van der Waals surface area contributed by atoms with Gasteiger partial charge < -0.3 is 5.32 Å². The highest BCUT2D eigenvalue weighted by Crippen LogP contribution is 2.31. The lowest BCUT2D eigenvalue weighted by atomic mass is 9.96. The van der Waals surface area contributed by atoms with Crippen LogP contribution in [0.15, 0.2) is 42.5 Å². The number of rotatable bonds is 5. The molecular weight excluding hydrogens is 262 g/mol. The third-order valence-electron chi connectivity index (χ3n) is 4.20. The first kappa shape index (κ1) is 14.0. The maximum Gasteiger partial charge on any atom is 0.0227 e. The van der Waals surface area contributed by atoms with E-state index in [0.29, 0.717) is 6.04 Å². The highest BCUT2D eigenvalue weighted by molar-refractivity contribution is 8.00. The number of fused-ring (bicyclic) bond motifs is 1. The summed E-state index contributed by atoms with van der Waals surface area (Å²) in [6.45, 7) is 3.28. The first-order valence-electron chi connectivity index (χ1n) is 7.70. The quantitative estimate of drug-likeness (QED) is 0.881. The van der Waals surface area contributed by atoms with E-state index in [1.807, 2.05) is 0 Å². The van der Waals surface area contributed by atoms with E-state index >= 15 is 0 Å². The Morgan fingerprint density at radius 2 is 2.05 bits per heavy atom. The fraction of sp³-hybridized carbons (Fsp3) is 0.444. The number of benzene rings is 2. The largest absolute Gasteiger partial charge is 0.313 e. The van der Waals surface area contributed by atoms with E-state index < -0.39 is 0 Å². The lowest BCUT2D eigenvalue weighted by Gasteiger charge is -2.24. The Labute approximate surface area is 126 Å². The monoisotopic (exact) mass is 285 g/mol. The number of likely N-dealkylation sites (N-methyl/N-ethyl adjacent to an activating group) is 1. The van der Waals surface area contributed by atoms with Crippen molar-refractivity contribution in [3.05, 3.63) is 48.0 Å². The van der Waals surface area contributed by atoms with Crippen LogP contribution in [0.4, 0.5) is 0 Å². The van der Waals surface area contributed by atoms with Crippen LogP contribution in [0.3, 0.4) is 0 Å². The van der Waals surface area contributed by atoms with E-state index in [9.17, 15) is 0 Å². The van der Waals surface area contributed by atoms with E-state index in [2.05, 4.69) is 66.5 Å². The Kier molecular flexibility index (Phi) is 4.64. The fourth-order valence-corrected chi connectivity index (χ4v) is 4.62. The van der Waals surface area contributed by atoms with Crippen molar-refractivity contribution in [1.29, 1.82) is 0 Å². The number of hydrogen-bond acceptors (Lipinski definition) is 2. The zero-order chi connectivity index (χ0) is 13.8. The first-order valence-corrected chi connectivity index (χ1v) is 8.75. The van der Waals surface area contributed by atoms with E-state index in [4.69, 9.17) is 0 Å². The van der Waals surface area contributed by atoms with Gasteiger partial charge in [-0.1, -0.05) is 49.4 Å². The van der Waals surface area contributed by atoms with E-state index in [1.54, 1.807) is 0 Å². The van der Waals surface area contributed by atoms with Gasteiger partial charge in [0, 0.05) is 11.3 Å². The smallest absolute Gasteiger partial charge is 0.0227 e. The molecule has 2 atom stereocenters. The Bertz CT molecular complexity index is 555. The maximum atomic E-state index is 3.72. The topological polar surface area (TPSA) is 12.0 Å². The second kappa shape index (κ2) is 6.64. The first-order chi connectivity index (χ1) is 9.88. The van der Waals surface area contributed by atoms with Crippen LogP contribution in [0.25, 0.3) is 10.8 Å². The van der Waals surface area contributed by atoms with Crippen LogP contribution in [0, 0.1) is 0 Å². The molecule has 1 fully saturated rings. The minimum atomic E-state index is 0.610. The zero-order valence-corrected chi connectivity index (χ0v) is 13.0. The van der Waals surface area contributed by atoms with Gasteiger partial charge >= 0.3 is 0 Å². The van der Waals surface area contributed by atoms with Crippen LogP contribution < -0.4 is 5.32 Å². The van der Waals surface area contributed by atoms with Gasteiger partial charge in [0.25, 0.3) is 0 Å². The molecule has 2 unspecified atom stereocenters. The lowest BCUT2D eigenvalue weighted by molar-refractivity contribution is 0.496. The zero-order valence-electron chi connectivity index (χ0n) is 12.1. The third-order valence-corrected chi connectivity index (χ3v) is 5.72. The molecule has 0 radical (unpaired) electrons. The molecule has 0 amide bonds. The Balaban J connectivity index is 1.86. The van der Waals surface area contributed by atoms with Crippen molar-refractivity contribution >= 4 is 22.5 Å². The molecule has 1 saturated heterocycles. The van der Waals surface area contributed by atoms with Crippen LogP contribution in [0.5, 0.6) is 0 Å². The Morgan fingerprint density at radius 1 is 1.20 bits per heavy atom. The normalized spacial score (nSPS) is 20.4. The number of hydrogen-bond donors (Lipinski definition) is 1. The predicted octanol–water partition coefficient (Wildman–Crippen LogP) is 4.26. The summed E-state index contributed by atoms with van der Waals surface area (Å²) in [5.41, 5.74) is 1.49. The molecule has 106 valence electrons. The van der Waals surface area contributed by atoms with Gasteiger partial charge in [-0.05, 0) is 47.9 Å². The van der Waals surface area contributed by atoms with Gasteiger partial charge in [-0.3, -0.25) is 0 Å². The molecule has 2 aromatic carbocycles. The SMILES string of the molecule is CCNC(Cc1cccc2ccccc12)C1CCCS1. The molecule has 2 aromatic rings. The molecule has 0 aromatic heterocycles. The molecule has 0 spiro atoms. The molecule has 0 saturated carbocycles. The molecule has 20 heavy (non-hydrogen) atoms. The van der Waals surface area contributed by atoms with E-state index in [-0.39, 0.29) is 0 Å². The fourth-order valence-electron chi connectivity index (χ4n) is 3.22. The number of nitrogens with one attached hydrogen (secondary N) is 1. The minimum absolute atomic E-state index is 0.610. The van der Waals surface area contributed by atoms with Crippen LogP contribution in [0.1, 0.15) is 25.3 Å². The highest BCUT2D eigenvalue weighted by atomic mass is 32.2. The van der Waals surface area contributed by atoms with Gasteiger partial charge in [0.1, 0.15) is 0 Å². The van der Waals surface area contributed by atoms with Crippen LogP contribution in [-0.4, -0.2) is 23.6 Å². The summed E-state index contributed by atoms with van der Waals surface area (Å²) in [6, 6.07) is 16.1. The molecule has 0 bridgehead atoms. The van der Waals surface area contributed by atoms with Crippen molar-refractivity contribution in [2.45, 2.75) is 37.5 Å². The van der Waals surface area contributed by atoms with Gasteiger partial charge in [0.05, 0.1) is 0 Å². The summed E-state index contributed by atoms with van der Waals surface area (Å²) in [5.74, 6) is 1.34. The van der Waals surface area contributed by atoms with Crippen molar-refractivity contribution in [2.75, 3.05) is 12.3 Å². The van der Waals surface area contributed by atoms with Crippen molar-refractivity contribution in [3.8, 4) is 0 Å². The molecule has 1 aliphatic heterocycles. The standard InChI is InChI=1S/C18H23NS/c1-2-19-17(18-11-6-12-20-18)13-15-9-5-8-14-7-3-4-10-16(14)15/h3-5,7-10,17-19H,2,6,11-13H2,1H3. The second-order valence-electron chi connectivity index (χ2n) is 5.56. The molecule has 1 nitrogen and oxygen atoms in total. The summed E-state index contributed by atoms with van der Waals surface area (Å²) in [7, 11) is 0. The molecular formula is C18H23NS. The van der Waals surface area contributed by atoms with Crippen LogP contribution in [-0.2, 0) is 6.42 Å². The minimum Gasteiger partial charge on any atom is -0.313 e. The average molecular weight is 285 g/mol. The van der Waals surface area contributed by atoms with Crippen LogP contribution in [0.2, 0.25) is 0 Å². The van der Waals surface area contributed by atoms with Crippen molar-refractivity contribution in [1.82, 2.24) is 5.32 Å². The van der Waals surface area contributed by atoms with Crippen molar-refractivity contribution in [3.63, 3.8) is 0 Å². The molecule has 1 aliphatic rings. The molecule has 1 N–H and O–H groups in total. The highest BCUT2D eigenvalue weighted by Gasteiger charge is 2.25. The summed E-state index contributed by atoms with van der Waals surface area (Å²) in [5, 5.41) is 7.28. The van der Waals surface area contributed by atoms with Crippen molar-refractivity contribution < 1.29 is 0 Å². The molecule has 3 rings (SSSR count). The summed E-state index contributed by atoms with van der Waals surface area (Å²) in [4.78, 5) is 0. The molecule has 1 heterocycles. The second-order valence-corrected chi connectivity index (χ2v) is 6.91.